The third-order valence-electron chi connectivity index (χ3n) is 3.08. The predicted molar refractivity (Wildman–Crippen MR) is 84.7 cm³/mol. The zero-order chi connectivity index (χ0) is 15.2. The first-order chi connectivity index (χ1) is 10.2. The third-order valence-corrected chi connectivity index (χ3v) is 4.20. The van der Waals surface area contributed by atoms with Gasteiger partial charge in [0.05, 0.1) is 18.0 Å². The minimum absolute atomic E-state index is 0.238. The van der Waals surface area contributed by atoms with E-state index in [1.165, 1.54) is 6.07 Å². The number of nitrogens with one attached hydrogen (secondary N) is 1. The lowest BCUT2D eigenvalue weighted by molar-refractivity contribution is 0.181. The monoisotopic (exact) mass is 309 g/mol. The molecule has 1 aromatic heterocycles. The van der Waals surface area contributed by atoms with Crippen LogP contribution >= 0.6 is 11.3 Å². The van der Waals surface area contributed by atoms with Crippen molar-refractivity contribution < 1.29 is 9.13 Å². The fourth-order valence-electron chi connectivity index (χ4n) is 2.11. The summed E-state index contributed by atoms with van der Waals surface area (Å²) in [6.45, 7) is 3.83. The van der Waals surface area contributed by atoms with Crippen LogP contribution in [0.25, 0.3) is 0 Å². The van der Waals surface area contributed by atoms with Crippen molar-refractivity contribution in [3.05, 3.63) is 40.7 Å². The molecule has 0 aliphatic carbocycles. The van der Waals surface area contributed by atoms with Gasteiger partial charge in [-0.1, -0.05) is 23.5 Å². The molecule has 1 N–H and O–H groups in total. The van der Waals surface area contributed by atoms with Gasteiger partial charge >= 0.3 is 0 Å². The normalized spacial score (nSPS) is 10.9. The van der Waals surface area contributed by atoms with Crippen molar-refractivity contribution in [1.82, 2.24) is 10.3 Å². The molecule has 0 bridgehead atoms. The number of anilines is 2. The Morgan fingerprint density at radius 3 is 2.76 bits per heavy atom. The molecule has 0 unspecified atom stereocenters. The number of aromatic nitrogens is 1. The van der Waals surface area contributed by atoms with Gasteiger partial charge in [0.1, 0.15) is 5.82 Å². The molecule has 1 heterocycles. The fraction of sp³-hybridized carbons (Fsp3) is 0.400. The molecule has 0 saturated heterocycles. The Kier molecular flexibility index (Phi) is 5.67. The maximum absolute atomic E-state index is 14.0. The highest BCUT2D eigenvalue weighted by Crippen LogP contribution is 2.33. The van der Waals surface area contributed by atoms with Gasteiger partial charge in [0.15, 0.2) is 5.13 Å². The van der Waals surface area contributed by atoms with Crippen LogP contribution in [0.15, 0.2) is 24.3 Å². The molecular weight excluding hydrogens is 289 g/mol. The summed E-state index contributed by atoms with van der Waals surface area (Å²) in [7, 11) is 3.54. The molecule has 0 atom stereocenters. The van der Waals surface area contributed by atoms with Gasteiger partial charge in [0.2, 0.25) is 0 Å². The summed E-state index contributed by atoms with van der Waals surface area (Å²) >= 11 is 1.57. The molecular formula is C15H20FN3OS. The summed E-state index contributed by atoms with van der Waals surface area (Å²) in [5.41, 5.74) is 1.45. The topological polar surface area (TPSA) is 37.4 Å². The SMILES string of the molecule is CCN(c1nc(COC)c(CNC)s1)c1ccccc1F. The number of nitrogens with zero attached hydrogens (tertiary/aromatic N) is 2. The van der Waals surface area contributed by atoms with Gasteiger partial charge in [-0.15, -0.1) is 0 Å². The summed E-state index contributed by atoms with van der Waals surface area (Å²) in [5, 5.41) is 3.92. The minimum Gasteiger partial charge on any atom is -0.378 e. The standard InChI is InChI=1S/C15H20FN3OS/c1-4-19(13-8-6-5-7-11(13)16)15-18-12(10-20-3)14(21-15)9-17-2/h5-8,17H,4,9-10H2,1-3H3. The quantitative estimate of drug-likeness (QED) is 0.851. The van der Waals surface area contributed by atoms with E-state index in [-0.39, 0.29) is 5.82 Å². The minimum atomic E-state index is -0.238. The van der Waals surface area contributed by atoms with E-state index in [0.29, 0.717) is 18.8 Å². The number of benzene rings is 1. The van der Waals surface area contributed by atoms with E-state index in [0.717, 1.165) is 22.2 Å². The van der Waals surface area contributed by atoms with Crippen molar-refractivity contribution in [1.29, 1.82) is 0 Å². The van der Waals surface area contributed by atoms with Crippen LogP contribution in [0.3, 0.4) is 0 Å². The largest absolute Gasteiger partial charge is 0.378 e. The molecule has 6 heteroatoms. The lowest BCUT2D eigenvalue weighted by Gasteiger charge is -2.20. The van der Waals surface area contributed by atoms with E-state index >= 15 is 0 Å². The van der Waals surface area contributed by atoms with Gasteiger partial charge in [-0.2, -0.15) is 0 Å². The highest BCUT2D eigenvalue weighted by atomic mass is 32.1. The first-order valence-corrected chi connectivity index (χ1v) is 7.67. The molecule has 0 spiro atoms. The Morgan fingerprint density at radius 1 is 1.38 bits per heavy atom. The number of hydrogen-bond acceptors (Lipinski definition) is 5. The number of methoxy groups -OCH3 is 1. The van der Waals surface area contributed by atoms with Gasteiger partial charge in [0.25, 0.3) is 0 Å². The second-order valence-corrected chi connectivity index (χ2v) is 5.59. The summed E-state index contributed by atoms with van der Waals surface area (Å²) in [4.78, 5) is 7.62. The summed E-state index contributed by atoms with van der Waals surface area (Å²) in [6, 6.07) is 6.76. The fourth-order valence-corrected chi connectivity index (χ4v) is 3.27. The Bertz CT molecular complexity index is 565. The van der Waals surface area contributed by atoms with E-state index in [2.05, 4.69) is 10.3 Å². The Hall–Kier alpha value is -1.50. The number of thiazole rings is 1. The van der Waals surface area contributed by atoms with Gasteiger partial charge in [-0.05, 0) is 26.1 Å². The summed E-state index contributed by atoms with van der Waals surface area (Å²) in [6.07, 6.45) is 0. The second-order valence-electron chi connectivity index (χ2n) is 4.53. The van der Waals surface area contributed by atoms with Crippen LogP contribution in [-0.4, -0.2) is 25.7 Å². The number of ether oxygens (including phenoxy) is 1. The molecule has 0 amide bonds. The molecule has 0 saturated carbocycles. The maximum atomic E-state index is 14.0. The van der Waals surface area contributed by atoms with Crippen molar-refractivity contribution in [2.75, 3.05) is 25.6 Å². The molecule has 0 fully saturated rings. The average molecular weight is 309 g/mol. The zero-order valence-electron chi connectivity index (χ0n) is 12.5. The molecule has 0 aliphatic rings. The van der Waals surface area contributed by atoms with Crippen LogP contribution in [0, 0.1) is 5.82 Å². The molecule has 1 aromatic carbocycles. The van der Waals surface area contributed by atoms with E-state index in [9.17, 15) is 4.39 Å². The van der Waals surface area contributed by atoms with Crippen LogP contribution in [0.2, 0.25) is 0 Å². The Balaban J connectivity index is 2.38. The molecule has 0 radical (unpaired) electrons. The van der Waals surface area contributed by atoms with Crippen molar-refractivity contribution in [3.8, 4) is 0 Å². The van der Waals surface area contributed by atoms with Crippen LogP contribution in [0.5, 0.6) is 0 Å². The number of hydrogen-bond donors (Lipinski definition) is 1. The second kappa shape index (κ2) is 7.49. The average Bonchev–Trinajstić information content (AvgIpc) is 2.86. The van der Waals surface area contributed by atoms with Gasteiger partial charge in [-0.3, -0.25) is 0 Å². The van der Waals surface area contributed by atoms with E-state index in [1.54, 1.807) is 30.6 Å². The van der Waals surface area contributed by atoms with Crippen molar-refractivity contribution in [2.45, 2.75) is 20.1 Å². The smallest absolute Gasteiger partial charge is 0.190 e. The van der Waals surface area contributed by atoms with Gasteiger partial charge < -0.3 is 15.0 Å². The number of rotatable bonds is 7. The molecule has 21 heavy (non-hydrogen) atoms. The summed E-state index contributed by atoms with van der Waals surface area (Å²) < 4.78 is 19.2. The van der Waals surface area contributed by atoms with Gasteiger partial charge in [0, 0.05) is 25.1 Å². The number of para-hydroxylation sites is 1. The Labute approximate surface area is 128 Å². The molecule has 0 aliphatic heterocycles. The maximum Gasteiger partial charge on any atom is 0.190 e. The summed E-state index contributed by atoms with van der Waals surface area (Å²) in [5.74, 6) is -0.238. The zero-order valence-corrected chi connectivity index (χ0v) is 13.3. The molecule has 2 rings (SSSR count). The molecule has 4 nitrogen and oxygen atoms in total. The van der Waals surface area contributed by atoms with Crippen LogP contribution in [-0.2, 0) is 17.9 Å². The van der Waals surface area contributed by atoms with Crippen LogP contribution < -0.4 is 10.2 Å². The third kappa shape index (κ3) is 3.58. The van der Waals surface area contributed by atoms with E-state index in [4.69, 9.17) is 4.74 Å². The van der Waals surface area contributed by atoms with Crippen LogP contribution in [0.1, 0.15) is 17.5 Å². The van der Waals surface area contributed by atoms with Crippen molar-refractivity contribution >= 4 is 22.2 Å². The first kappa shape index (κ1) is 15.9. The van der Waals surface area contributed by atoms with E-state index in [1.807, 2.05) is 24.9 Å². The molecule has 114 valence electrons. The highest BCUT2D eigenvalue weighted by Gasteiger charge is 2.18. The van der Waals surface area contributed by atoms with Gasteiger partial charge in [-0.25, -0.2) is 9.37 Å². The number of halogens is 1. The Morgan fingerprint density at radius 2 is 2.14 bits per heavy atom. The highest BCUT2D eigenvalue weighted by molar-refractivity contribution is 7.15. The predicted octanol–water partition coefficient (Wildman–Crippen LogP) is 3.31. The van der Waals surface area contributed by atoms with Crippen LogP contribution in [0.4, 0.5) is 15.2 Å². The first-order valence-electron chi connectivity index (χ1n) is 6.85. The van der Waals surface area contributed by atoms with Crippen molar-refractivity contribution in [2.24, 2.45) is 0 Å². The van der Waals surface area contributed by atoms with E-state index < -0.39 is 0 Å². The lowest BCUT2D eigenvalue weighted by Crippen LogP contribution is -2.17. The van der Waals surface area contributed by atoms with Crippen molar-refractivity contribution in [3.63, 3.8) is 0 Å². The molecule has 2 aromatic rings. The lowest BCUT2D eigenvalue weighted by atomic mass is 10.3.